The Morgan fingerprint density at radius 2 is 2.04 bits per heavy atom. The third-order valence-corrected chi connectivity index (χ3v) is 6.82. The summed E-state index contributed by atoms with van der Waals surface area (Å²) in [6, 6.07) is 12.1. The minimum absolute atomic E-state index is 0.0217. The molecule has 8 heteroatoms. The van der Waals surface area contributed by atoms with Gasteiger partial charge in [-0.2, -0.15) is 0 Å². The first-order chi connectivity index (χ1) is 13.4. The van der Waals surface area contributed by atoms with E-state index in [1.807, 2.05) is 36.7 Å². The van der Waals surface area contributed by atoms with Crippen LogP contribution in [-0.4, -0.2) is 33.5 Å². The number of para-hydroxylation sites is 1. The fourth-order valence-electron chi connectivity index (χ4n) is 3.54. The number of allylic oxidation sites excluding steroid dienone is 2. The number of nitrogen functional groups attached to an aromatic ring is 1. The second-order valence-corrected chi connectivity index (χ2v) is 9.03. The van der Waals surface area contributed by atoms with Crippen LogP contribution in [0.25, 0.3) is 10.7 Å². The van der Waals surface area contributed by atoms with E-state index in [1.165, 1.54) is 22.0 Å². The van der Waals surface area contributed by atoms with Gasteiger partial charge in [-0.15, -0.1) is 21.5 Å². The van der Waals surface area contributed by atoms with Crippen LogP contribution in [0.2, 0.25) is 0 Å². The first-order valence-corrected chi connectivity index (χ1v) is 10.7. The van der Waals surface area contributed by atoms with Crippen molar-refractivity contribution in [3.05, 3.63) is 59.1 Å². The van der Waals surface area contributed by atoms with Crippen molar-refractivity contribution in [3.63, 3.8) is 0 Å². The number of hydrogen-bond acceptors (Lipinski definition) is 7. The lowest BCUT2D eigenvalue weighted by molar-refractivity contribution is -0.112. The first kappa shape index (κ1) is 18.8. The number of nitrogens with zero attached hydrogens (tertiary/aromatic N) is 4. The van der Waals surface area contributed by atoms with Gasteiger partial charge >= 0.3 is 0 Å². The molecule has 0 bridgehead atoms. The van der Waals surface area contributed by atoms with Gasteiger partial charge in [0.15, 0.2) is 11.6 Å². The van der Waals surface area contributed by atoms with Gasteiger partial charge in [0, 0.05) is 29.9 Å². The molecule has 3 aromatic rings. The molecule has 0 atom stereocenters. The molecule has 1 aliphatic rings. The Labute approximate surface area is 172 Å². The van der Waals surface area contributed by atoms with Crippen molar-refractivity contribution in [3.8, 4) is 10.7 Å². The third-order valence-electron chi connectivity index (χ3n) is 4.99. The Kier molecular flexibility index (Phi) is 4.76. The topological polar surface area (TPSA) is 77.0 Å². The number of thiophene rings is 1. The van der Waals surface area contributed by atoms with E-state index < -0.39 is 0 Å². The number of likely N-dealkylation sites (N-methyl/N-ethyl adjacent to an activating group) is 1. The Balaban J connectivity index is 1.50. The molecule has 0 spiro atoms. The number of carbonyl (C=O) groups is 1. The second kappa shape index (κ2) is 7.10. The molecule has 144 valence electrons. The number of rotatable bonds is 5. The molecule has 0 saturated carbocycles. The van der Waals surface area contributed by atoms with Gasteiger partial charge < -0.3 is 10.7 Å². The van der Waals surface area contributed by atoms with Crippen LogP contribution in [0.5, 0.6) is 0 Å². The molecule has 0 aliphatic carbocycles. The second-order valence-electron chi connectivity index (χ2n) is 7.14. The van der Waals surface area contributed by atoms with Gasteiger partial charge in [0.1, 0.15) is 0 Å². The largest absolute Gasteiger partial charge is 0.347 e. The van der Waals surface area contributed by atoms with Gasteiger partial charge in [-0.05, 0) is 23.1 Å². The van der Waals surface area contributed by atoms with Crippen molar-refractivity contribution < 1.29 is 4.79 Å². The van der Waals surface area contributed by atoms with E-state index in [0.29, 0.717) is 11.0 Å². The van der Waals surface area contributed by atoms with Crippen LogP contribution < -0.4 is 10.7 Å². The van der Waals surface area contributed by atoms with Crippen LogP contribution in [0.4, 0.5) is 5.69 Å². The fourth-order valence-corrected chi connectivity index (χ4v) is 4.92. The number of aromatic nitrogens is 3. The maximum Gasteiger partial charge on any atom is 0.210 e. The molecule has 28 heavy (non-hydrogen) atoms. The SMILES string of the molecule is CN1/C(=C/C(=O)CSc2nnc(-c3cccs3)n2N)C(C)(C)c2ccccc21. The lowest BCUT2D eigenvalue weighted by Crippen LogP contribution is -2.24. The lowest BCUT2D eigenvalue weighted by Gasteiger charge is -2.23. The van der Waals surface area contributed by atoms with Gasteiger partial charge in [-0.1, -0.05) is 49.9 Å². The Bertz CT molecular complexity index is 1050. The van der Waals surface area contributed by atoms with Crippen LogP contribution >= 0.6 is 23.1 Å². The van der Waals surface area contributed by atoms with Gasteiger partial charge in [0.05, 0.1) is 10.6 Å². The molecule has 0 saturated heterocycles. The predicted octanol–water partition coefficient (Wildman–Crippen LogP) is 3.69. The Hall–Kier alpha value is -2.58. The highest BCUT2D eigenvalue weighted by Gasteiger charge is 2.38. The normalized spacial score (nSPS) is 16.5. The van der Waals surface area contributed by atoms with E-state index in [2.05, 4.69) is 41.1 Å². The molecule has 0 radical (unpaired) electrons. The molecule has 0 fully saturated rings. The standard InChI is InChI=1S/C20H21N5OS2/c1-20(2)14-7-4-5-8-15(14)24(3)17(20)11-13(26)12-28-19-23-22-18(25(19)21)16-9-6-10-27-16/h4-11H,12,21H2,1-3H3/b17-11+. The summed E-state index contributed by atoms with van der Waals surface area (Å²) in [6.45, 7) is 4.29. The molecule has 1 aromatic carbocycles. The summed E-state index contributed by atoms with van der Waals surface area (Å²) in [4.78, 5) is 15.7. The number of carbonyl (C=O) groups excluding carboxylic acids is 1. The van der Waals surface area contributed by atoms with Crippen LogP contribution in [0.1, 0.15) is 19.4 Å². The molecule has 6 nitrogen and oxygen atoms in total. The van der Waals surface area contributed by atoms with Crippen molar-refractivity contribution in [2.45, 2.75) is 24.4 Å². The van der Waals surface area contributed by atoms with E-state index in [0.717, 1.165) is 16.3 Å². The van der Waals surface area contributed by atoms with Crippen molar-refractivity contribution in [2.75, 3.05) is 23.5 Å². The number of fused-ring (bicyclic) bond motifs is 1. The minimum atomic E-state index is -0.216. The summed E-state index contributed by atoms with van der Waals surface area (Å²) in [5, 5.41) is 10.8. The highest BCUT2D eigenvalue weighted by molar-refractivity contribution is 7.99. The lowest BCUT2D eigenvalue weighted by atomic mass is 9.83. The number of nitrogens with two attached hydrogens (primary N) is 1. The quantitative estimate of drug-likeness (QED) is 0.392. The van der Waals surface area contributed by atoms with Gasteiger partial charge in [-0.3, -0.25) is 4.79 Å². The maximum atomic E-state index is 12.7. The minimum Gasteiger partial charge on any atom is -0.347 e. The molecule has 0 unspecified atom stereocenters. The molecule has 3 heterocycles. The van der Waals surface area contributed by atoms with Gasteiger partial charge in [0.2, 0.25) is 5.16 Å². The zero-order chi connectivity index (χ0) is 19.9. The van der Waals surface area contributed by atoms with Crippen LogP contribution in [0.3, 0.4) is 0 Å². The first-order valence-electron chi connectivity index (χ1n) is 8.85. The van der Waals surface area contributed by atoms with Crippen molar-refractivity contribution in [1.82, 2.24) is 14.9 Å². The average Bonchev–Trinajstić information content (AvgIpc) is 3.37. The summed E-state index contributed by atoms with van der Waals surface area (Å²) in [6.07, 6.45) is 1.74. The summed E-state index contributed by atoms with van der Waals surface area (Å²) >= 11 is 2.85. The van der Waals surface area contributed by atoms with Crippen molar-refractivity contribution >= 4 is 34.6 Å². The number of anilines is 1. The monoisotopic (exact) mass is 411 g/mol. The summed E-state index contributed by atoms with van der Waals surface area (Å²) in [5.41, 5.74) is 3.15. The highest BCUT2D eigenvalue weighted by atomic mass is 32.2. The van der Waals surface area contributed by atoms with E-state index in [1.54, 1.807) is 17.4 Å². The molecule has 2 aromatic heterocycles. The predicted molar refractivity (Wildman–Crippen MR) is 115 cm³/mol. The van der Waals surface area contributed by atoms with Crippen LogP contribution in [0, 0.1) is 0 Å². The highest BCUT2D eigenvalue weighted by Crippen LogP contribution is 2.46. The molecule has 1 aliphatic heterocycles. The third kappa shape index (κ3) is 3.12. The van der Waals surface area contributed by atoms with E-state index >= 15 is 0 Å². The Morgan fingerprint density at radius 1 is 1.25 bits per heavy atom. The van der Waals surface area contributed by atoms with E-state index in [9.17, 15) is 4.79 Å². The summed E-state index contributed by atoms with van der Waals surface area (Å²) < 4.78 is 1.44. The molecule has 4 rings (SSSR count). The smallest absolute Gasteiger partial charge is 0.210 e. The number of thioether (sulfide) groups is 1. The number of ketones is 1. The van der Waals surface area contributed by atoms with Crippen LogP contribution in [0.15, 0.2) is 58.7 Å². The Morgan fingerprint density at radius 3 is 2.75 bits per heavy atom. The van der Waals surface area contributed by atoms with Crippen LogP contribution in [-0.2, 0) is 10.2 Å². The average molecular weight is 412 g/mol. The van der Waals surface area contributed by atoms with E-state index in [-0.39, 0.29) is 17.0 Å². The zero-order valence-corrected chi connectivity index (χ0v) is 17.5. The van der Waals surface area contributed by atoms with Crippen molar-refractivity contribution in [1.29, 1.82) is 0 Å². The number of hydrogen-bond donors (Lipinski definition) is 1. The molecule has 0 amide bonds. The molecular weight excluding hydrogens is 390 g/mol. The number of benzene rings is 1. The molecular formula is C20H21N5OS2. The van der Waals surface area contributed by atoms with E-state index in [4.69, 9.17) is 5.84 Å². The van der Waals surface area contributed by atoms with Crippen molar-refractivity contribution in [2.24, 2.45) is 0 Å². The van der Waals surface area contributed by atoms with Gasteiger partial charge in [-0.25, -0.2) is 4.68 Å². The summed E-state index contributed by atoms with van der Waals surface area (Å²) in [7, 11) is 2.00. The fraction of sp³-hybridized carbons (Fsp3) is 0.250. The maximum absolute atomic E-state index is 12.7. The molecule has 2 N–H and O–H groups in total. The summed E-state index contributed by atoms with van der Waals surface area (Å²) in [5.74, 6) is 6.99. The zero-order valence-electron chi connectivity index (χ0n) is 15.9. The van der Waals surface area contributed by atoms with Gasteiger partial charge in [0.25, 0.3) is 0 Å².